The molecule has 2 aromatic rings. The smallest absolute Gasteiger partial charge is 0.251 e. The lowest BCUT2D eigenvalue weighted by atomic mass is 10.2. The standard InChI is InChI=1S/C11H10Cl2N4O/c12-8-2-1-7(5-9(8)13)11(18)14-4-3-10-15-6-16-17-10/h1-2,5-6H,3-4H2,(H,14,18)(H,15,16,17). The molecule has 1 aromatic carbocycles. The summed E-state index contributed by atoms with van der Waals surface area (Å²) in [5, 5.41) is 9.98. The van der Waals surface area contributed by atoms with Crippen LogP contribution in [0.1, 0.15) is 16.2 Å². The van der Waals surface area contributed by atoms with Crippen LogP contribution in [-0.2, 0) is 6.42 Å². The molecule has 0 fully saturated rings. The number of nitrogens with zero attached hydrogens (tertiary/aromatic N) is 2. The van der Waals surface area contributed by atoms with Gasteiger partial charge in [0.15, 0.2) is 0 Å². The third-order valence-corrected chi connectivity index (χ3v) is 3.03. The van der Waals surface area contributed by atoms with Crippen molar-refractivity contribution in [2.75, 3.05) is 6.54 Å². The molecule has 1 amide bonds. The minimum atomic E-state index is -0.201. The first-order valence-electron chi connectivity index (χ1n) is 5.24. The van der Waals surface area contributed by atoms with Gasteiger partial charge in [0, 0.05) is 18.5 Å². The van der Waals surface area contributed by atoms with Crippen molar-refractivity contribution in [3.63, 3.8) is 0 Å². The van der Waals surface area contributed by atoms with Crippen LogP contribution in [0.25, 0.3) is 0 Å². The van der Waals surface area contributed by atoms with Gasteiger partial charge in [0.25, 0.3) is 5.91 Å². The molecule has 94 valence electrons. The molecule has 2 N–H and O–H groups in total. The van der Waals surface area contributed by atoms with E-state index >= 15 is 0 Å². The van der Waals surface area contributed by atoms with Crippen LogP contribution in [0.3, 0.4) is 0 Å². The number of hydrogen-bond donors (Lipinski definition) is 2. The number of aromatic nitrogens is 3. The maximum atomic E-state index is 11.8. The van der Waals surface area contributed by atoms with Crippen LogP contribution in [-0.4, -0.2) is 27.6 Å². The van der Waals surface area contributed by atoms with Gasteiger partial charge in [0.2, 0.25) is 0 Å². The van der Waals surface area contributed by atoms with Crippen LogP contribution >= 0.6 is 23.2 Å². The average Bonchev–Trinajstić information content (AvgIpc) is 2.85. The van der Waals surface area contributed by atoms with Crippen LogP contribution < -0.4 is 5.32 Å². The van der Waals surface area contributed by atoms with E-state index in [1.807, 2.05) is 0 Å². The first kappa shape index (κ1) is 12.9. The topological polar surface area (TPSA) is 70.7 Å². The van der Waals surface area contributed by atoms with E-state index in [-0.39, 0.29) is 5.91 Å². The summed E-state index contributed by atoms with van der Waals surface area (Å²) < 4.78 is 0. The Balaban J connectivity index is 1.89. The maximum absolute atomic E-state index is 11.8. The van der Waals surface area contributed by atoms with E-state index in [1.165, 1.54) is 12.4 Å². The van der Waals surface area contributed by atoms with Crippen molar-refractivity contribution in [1.29, 1.82) is 0 Å². The summed E-state index contributed by atoms with van der Waals surface area (Å²) in [6, 6.07) is 4.75. The molecule has 2 rings (SSSR count). The van der Waals surface area contributed by atoms with Gasteiger partial charge < -0.3 is 5.32 Å². The SMILES string of the molecule is O=C(NCCc1ncn[nH]1)c1ccc(Cl)c(Cl)c1. The summed E-state index contributed by atoms with van der Waals surface area (Å²) in [4.78, 5) is 15.7. The van der Waals surface area contributed by atoms with Gasteiger partial charge in [-0.05, 0) is 18.2 Å². The van der Waals surface area contributed by atoms with Gasteiger partial charge in [0.1, 0.15) is 12.2 Å². The molecule has 0 atom stereocenters. The fourth-order valence-corrected chi connectivity index (χ4v) is 1.68. The van der Waals surface area contributed by atoms with Crippen molar-refractivity contribution in [3.8, 4) is 0 Å². The molecule has 0 saturated heterocycles. The Morgan fingerprint density at radius 2 is 2.17 bits per heavy atom. The second-order valence-electron chi connectivity index (χ2n) is 3.57. The largest absolute Gasteiger partial charge is 0.352 e. The number of hydrogen-bond acceptors (Lipinski definition) is 3. The maximum Gasteiger partial charge on any atom is 0.251 e. The van der Waals surface area contributed by atoms with E-state index in [0.29, 0.717) is 28.6 Å². The van der Waals surface area contributed by atoms with Crippen LogP contribution in [0.2, 0.25) is 10.0 Å². The number of halogens is 2. The highest BCUT2D eigenvalue weighted by Crippen LogP contribution is 2.22. The van der Waals surface area contributed by atoms with Crippen molar-refractivity contribution < 1.29 is 4.79 Å². The lowest BCUT2D eigenvalue weighted by Crippen LogP contribution is -2.25. The molecule has 1 aromatic heterocycles. The summed E-state index contributed by atoms with van der Waals surface area (Å²) in [6.07, 6.45) is 2.02. The van der Waals surface area contributed by atoms with E-state index in [4.69, 9.17) is 23.2 Å². The summed E-state index contributed by atoms with van der Waals surface area (Å²) in [6.45, 7) is 0.467. The number of carbonyl (C=O) groups is 1. The number of nitrogens with one attached hydrogen (secondary N) is 2. The lowest BCUT2D eigenvalue weighted by Gasteiger charge is -2.05. The number of benzene rings is 1. The Morgan fingerprint density at radius 3 is 2.83 bits per heavy atom. The first-order chi connectivity index (χ1) is 8.66. The van der Waals surface area contributed by atoms with Crippen LogP contribution in [0, 0.1) is 0 Å². The lowest BCUT2D eigenvalue weighted by molar-refractivity contribution is 0.0954. The molecular formula is C11H10Cl2N4O. The van der Waals surface area contributed by atoms with Gasteiger partial charge in [0.05, 0.1) is 10.0 Å². The third kappa shape index (κ3) is 3.21. The molecule has 0 aliphatic rings. The predicted octanol–water partition coefficient (Wildman–Crippen LogP) is 2.08. The fourth-order valence-electron chi connectivity index (χ4n) is 1.39. The highest BCUT2D eigenvalue weighted by atomic mass is 35.5. The van der Waals surface area contributed by atoms with Crippen LogP contribution in [0.4, 0.5) is 0 Å². The first-order valence-corrected chi connectivity index (χ1v) is 6.00. The zero-order valence-corrected chi connectivity index (χ0v) is 10.8. The summed E-state index contributed by atoms with van der Waals surface area (Å²) >= 11 is 11.6. The van der Waals surface area contributed by atoms with E-state index in [9.17, 15) is 4.79 Å². The summed E-state index contributed by atoms with van der Waals surface area (Å²) in [7, 11) is 0. The number of rotatable bonds is 4. The van der Waals surface area contributed by atoms with Gasteiger partial charge in [-0.1, -0.05) is 23.2 Å². The van der Waals surface area contributed by atoms with Crippen LogP contribution in [0.5, 0.6) is 0 Å². The van der Waals surface area contributed by atoms with E-state index in [1.54, 1.807) is 12.1 Å². The Labute approximate surface area is 114 Å². The van der Waals surface area contributed by atoms with Crippen molar-refractivity contribution in [3.05, 3.63) is 46.0 Å². The molecule has 0 radical (unpaired) electrons. The average molecular weight is 285 g/mol. The van der Waals surface area contributed by atoms with Crippen molar-refractivity contribution in [2.24, 2.45) is 0 Å². The second-order valence-corrected chi connectivity index (χ2v) is 4.38. The second kappa shape index (κ2) is 5.84. The molecule has 0 saturated carbocycles. The fraction of sp³-hybridized carbons (Fsp3) is 0.182. The minimum absolute atomic E-state index is 0.201. The molecule has 7 heteroatoms. The Hall–Kier alpha value is -1.59. The molecule has 0 bridgehead atoms. The number of aromatic amines is 1. The van der Waals surface area contributed by atoms with Crippen molar-refractivity contribution in [2.45, 2.75) is 6.42 Å². The molecule has 18 heavy (non-hydrogen) atoms. The third-order valence-electron chi connectivity index (χ3n) is 2.29. The molecule has 0 unspecified atom stereocenters. The van der Waals surface area contributed by atoms with Gasteiger partial charge in [-0.2, -0.15) is 5.10 Å². The van der Waals surface area contributed by atoms with E-state index < -0.39 is 0 Å². The monoisotopic (exact) mass is 284 g/mol. The Morgan fingerprint density at radius 1 is 1.33 bits per heavy atom. The van der Waals surface area contributed by atoms with E-state index in [2.05, 4.69) is 20.5 Å². The molecule has 0 spiro atoms. The highest BCUT2D eigenvalue weighted by molar-refractivity contribution is 6.42. The molecular weight excluding hydrogens is 275 g/mol. The molecule has 0 aliphatic carbocycles. The Bertz CT molecular complexity index is 542. The van der Waals surface area contributed by atoms with Crippen molar-refractivity contribution >= 4 is 29.1 Å². The van der Waals surface area contributed by atoms with E-state index in [0.717, 1.165) is 5.82 Å². The van der Waals surface area contributed by atoms with Crippen molar-refractivity contribution in [1.82, 2.24) is 20.5 Å². The minimum Gasteiger partial charge on any atom is -0.352 e. The zero-order chi connectivity index (χ0) is 13.0. The van der Waals surface area contributed by atoms with Gasteiger partial charge in [-0.3, -0.25) is 9.89 Å². The quantitative estimate of drug-likeness (QED) is 0.903. The summed E-state index contributed by atoms with van der Waals surface area (Å²) in [5.41, 5.74) is 0.474. The molecule has 5 nitrogen and oxygen atoms in total. The number of carbonyl (C=O) groups excluding carboxylic acids is 1. The predicted molar refractivity (Wildman–Crippen MR) is 68.9 cm³/mol. The van der Waals surface area contributed by atoms with Gasteiger partial charge in [-0.25, -0.2) is 4.98 Å². The number of amides is 1. The summed E-state index contributed by atoms with van der Waals surface area (Å²) in [5.74, 6) is 0.525. The number of H-pyrrole nitrogens is 1. The highest BCUT2D eigenvalue weighted by Gasteiger charge is 2.07. The Kier molecular flexibility index (Phi) is 4.17. The van der Waals surface area contributed by atoms with Crippen LogP contribution in [0.15, 0.2) is 24.5 Å². The normalized spacial score (nSPS) is 10.3. The zero-order valence-electron chi connectivity index (χ0n) is 9.28. The molecule has 1 heterocycles. The molecule has 0 aliphatic heterocycles. The van der Waals surface area contributed by atoms with Gasteiger partial charge >= 0.3 is 0 Å². The van der Waals surface area contributed by atoms with Gasteiger partial charge in [-0.15, -0.1) is 0 Å².